The fourth-order valence-electron chi connectivity index (χ4n) is 2.59. The smallest absolute Gasteiger partial charge is 0.370 e. The number of halogens is 3. The molecule has 2 N–H and O–H groups in total. The molecule has 100 valence electrons. The highest BCUT2D eigenvalue weighted by molar-refractivity contribution is 5.57. The van der Waals surface area contributed by atoms with Crippen LogP contribution in [0.3, 0.4) is 0 Å². The van der Waals surface area contributed by atoms with Crippen molar-refractivity contribution in [1.82, 2.24) is 0 Å². The molecule has 1 aromatic rings. The lowest BCUT2D eigenvalue weighted by atomic mass is 9.87. The molecule has 5 heteroatoms. The highest BCUT2D eigenvalue weighted by atomic mass is 19.4. The summed E-state index contributed by atoms with van der Waals surface area (Å²) in [5, 5.41) is 0. The van der Waals surface area contributed by atoms with Gasteiger partial charge in [0.2, 0.25) is 0 Å². The van der Waals surface area contributed by atoms with Gasteiger partial charge in [0, 0.05) is 25.3 Å². The molecule has 0 aromatic heterocycles. The van der Waals surface area contributed by atoms with Gasteiger partial charge in [-0.25, -0.2) is 0 Å². The van der Waals surface area contributed by atoms with Crippen molar-refractivity contribution >= 4 is 5.69 Å². The molecule has 0 spiro atoms. The maximum Gasteiger partial charge on any atom is 0.389 e. The second kappa shape index (κ2) is 5.18. The van der Waals surface area contributed by atoms with Gasteiger partial charge in [-0.1, -0.05) is 18.2 Å². The molecule has 0 aliphatic carbocycles. The van der Waals surface area contributed by atoms with E-state index in [1.807, 2.05) is 12.1 Å². The molecule has 2 nitrogen and oxygen atoms in total. The van der Waals surface area contributed by atoms with Gasteiger partial charge in [0.15, 0.2) is 0 Å². The van der Waals surface area contributed by atoms with Crippen LogP contribution in [0.15, 0.2) is 24.3 Å². The summed E-state index contributed by atoms with van der Waals surface area (Å²) in [6.45, 7) is 1.85. The third-order valence-corrected chi connectivity index (χ3v) is 3.34. The lowest BCUT2D eigenvalue weighted by Crippen LogP contribution is -2.36. The van der Waals surface area contributed by atoms with E-state index in [0.29, 0.717) is 26.1 Å². The first-order valence-corrected chi connectivity index (χ1v) is 6.12. The van der Waals surface area contributed by atoms with Gasteiger partial charge in [0.25, 0.3) is 0 Å². The van der Waals surface area contributed by atoms with Gasteiger partial charge in [-0.2, -0.15) is 13.2 Å². The van der Waals surface area contributed by atoms with E-state index in [1.54, 1.807) is 12.1 Å². The molecule has 0 fully saturated rings. The number of rotatable bonds is 3. The molecule has 0 saturated carbocycles. The average Bonchev–Trinajstić information content (AvgIpc) is 2.31. The molecule has 1 aromatic carbocycles. The number of hydrogen-bond acceptors (Lipinski definition) is 2. The Labute approximate surface area is 105 Å². The van der Waals surface area contributed by atoms with Crippen molar-refractivity contribution in [3.05, 3.63) is 29.8 Å². The molecule has 0 amide bonds. The Bertz CT molecular complexity index is 403. The zero-order chi connectivity index (χ0) is 13.2. The van der Waals surface area contributed by atoms with Gasteiger partial charge in [-0.15, -0.1) is 0 Å². The average molecular weight is 258 g/mol. The predicted molar refractivity (Wildman–Crippen MR) is 65.7 cm³/mol. The number of alkyl halides is 3. The Morgan fingerprint density at radius 3 is 2.67 bits per heavy atom. The highest BCUT2D eigenvalue weighted by Crippen LogP contribution is 2.41. The fraction of sp³-hybridized carbons (Fsp3) is 0.538. The zero-order valence-corrected chi connectivity index (χ0v) is 10.1. The van der Waals surface area contributed by atoms with Crippen molar-refractivity contribution in [2.75, 3.05) is 24.5 Å². The largest absolute Gasteiger partial charge is 0.389 e. The van der Waals surface area contributed by atoms with E-state index in [4.69, 9.17) is 5.73 Å². The summed E-state index contributed by atoms with van der Waals surface area (Å²) in [5.41, 5.74) is 7.24. The molecule has 1 unspecified atom stereocenters. The minimum Gasteiger partial charge on any atom is -0.370 e. The van der Waals surface area contributed by atoms with Crippen LogP contribution in [-0.2, 0) is 0 Å². The molecule has 1 heterocycles. The van der Waals surface area contributed by atoms with Crippen molar-refractivity contribution in [1.29, 1.82) is 0 Å². The summed E-state index contributed by atoms with van der Waals surface area (Å²) in [6.07, 6.45) is -4.30. The summed E-state index contributed by atoms with van der Waals surface area (Å²) < 4.78 is 37.6. The molecule has 1 aliphatic heterocycles. The van der Waals surface area contributed by atoms with Crippen molar-refractivity contribution in [2.24, 2.45) is 5.73 Å². The van der Waals surface area contributed by atoms with E-state index in [9.17, 15) is 13.2 Å². The number of benzene rings is 1. The maximum atomic E-state index is 12.5. The van der Waals surface area contributed by atoms with E-state index in [2.05, 4.69) is 4.90 Å². The van der Waals surface area contributed by atoms with Gasteiger partial charge >= 0.3 is 6.18 Å². The van der Waals surface area contributed by atoms with E-state index in [0.717, 1.165) is 11.3 Å². The van der Waals surface area contributed by atoms with Crippen LogP contribution < -0.4 is 10.6 Å². The molecular formula is C13H17F3N2. The lowest BCUT2D eigenvalue weighted by Gasteiger charge is -2.35. The number of nitrogens with two attached hydrogens (primary N) is 1. The first kappa shape index (κ1) is 13.2. The minimum absolute atomic E-state index is 0.421. The molecule has 1 atom stereocenters. The lowest BCUT2D eigenvalue weighted by molar-refractivity contribution is -0.139. The van der Waals surface area contributed by atoms with Crippen LogP contribution in [0.25, 0.3) is 0 Å². The third kappa shape index (κ3) is 2.96. The molecule has 0 radical (unpaired) electrons. The van der Waals surface area contributed by atoms with Gasteiger partial charge in [-0.3, -0.25) is 0 Å². The Balaban J connectivity index is 2.25. The van der Waals surface area contributed by atoms with E-state index >= 15 is 0 Å². The van der Waals surface area contributed by atoms with Gasteiger partial charge in [0.1, 0.15) is 0 Å². The number of anilines is 1. The summed E-state index contributed by atoms with van der Waals surface area (Å²) in [4.78, 5) is 2.07. The summed E-state index contributed by atoms with van der Waals surface area (Å²) in [6, 6.07) is 7.34. The SMILES string of the molecule is NCCN1CCC(CC(F)(F)F)c2ccccc21. The van der Waals surface area contributed by atoms with Gasteiger partial charge in [-0.05, 0) is 24.0 Å². The van der Waals surface area contributed by atoms with Crippen LogP contribution in [0.5, 0.6) is 0 Å². The summed E-state index contributed by atoms with van der Waals surface area (Å²) >= 11 is 0. The third-order valence-electron chi connectivity index (χ3n) is 3.34. The zero-order valence-electron chi connectivity index (χ0n) is 10.1. The molecule has 2 rings (SSSR count). The minimum atomic E-state index is -4.10. The quantitative estimate of drug-likeness (QED) is 0.903. The second-order valence-corrected chi connectivity index (χ2v) is 4.64. The van der Waals surface area contributed by atoms with Crippen LogP contribution in [-0.4, -0.2) is 25.8 Å². The number of hydrogen-bond donors (Lipinski definition) is 1. The Morgan fingerprint density at radius 2 is 2.00 bits per heavy atom. The molecule has 18 heavy (non-hydrogen) atoms. The normalized spacial score (nSPS) is 19.8. The van der Waals surface area contributed by atoms with Crippen molar-refractivity contribution < 1.29 is 13.2 Å². The standard InChI is InChI=1S/C13H17F3N2/c14-13(15,16)9-10-5-7-18(8-6-17)12-4-2-1-3-11(10)12/h1-4,10H,5-9,17H2. The van der Waals surface area contributed by atoms with Crippen molar-refractivity contribution in [3.63, 3.8) is 0 Å². The molecule has 0 saturated heterocycles. The molecular weight excluding hydrogens is 241 g/mol. The van der Waals surface area contributed by atoms with Crippen LogP contribution in [0.4, 0.5) is 18.9 Å². The van der Waals surface area contributed by atoms with Gasteiger partial charge in [0.05, 0.1) is 6.42 Å². The first-order valence-electron chi connectivity index (χ1n) is 6.12. The molecule has 0 bridgehead atoms. The Morgan fingerprint density at radius 1 is 1.28 bits per heavy atom. The number of para-hydroxylation sites is 1. The second-order valence-electron chi connectivity index (χ2n) is 4.64. The fourth-order valence-corrected chi connectivity index (χ4v) is 2.59. The van der Waals surface area contributed by atoms with E-state index in [1.165, 1.54) is 0 Å². The van der Waals surface area contributed by atoms with Crippen LogP contribution >= 0.6 is 0 Å². The summed E-state index contributed by atoms with van der Waals surface area (Å²) in [5.74, 6) is -0.421. The predicted octanol–water partition coefficient (Wildman–Crippen LogP) is 2.89. The van der Waals surface area contributed by atoms with E-state index in [-0.39, 0.29) is 0 Å². The summed E-state index contributed by atoms with van der Waals surface area (Å²) in [7, 11) is 0. The highest BCUT2D eigenvalue weighted by Gasteiger charge is 2.35. The monoisotopic (exact) mass is 258 g/mol. The number of fused-ring (bicyclic) bond motifs is 1. The first-order chi connectivity index (χ1) is 8.51. The number of nitrogens with zero attached hydrogens (tertiary/aromatic N) is 1. The van der Waals surface area contributed by atoms with E-state index < -0.39 is 18.5 Å². The van der Waals surface area contributed by atoms with Crippen LogP contribution in [0.1, 0.15) is 24.3 Å². The van der Waals surface area contributed by atoms with Crippen LogP contribution in [0.2, 0.25) is 0 Å². The van der Waals surface area contributed by atoms with Crippen LogP contribution in [0, 0.1) is 0 Å². The van der Waals surface area contributed by atoms with Crippen molar-refractivity contribution in [2.45, 2.75) is 24.9 Å². The Kier molecular flexibility index (Phi) is 3.80. The topological polar surface area (TPSA) is 29.3 Å². The maximum absolute atomic E-state index is 12.5. The van der Waals surface area contributed by atoms with Gasteiger partial charge < -0.3 is 10.6 Å². The van der Waals surface area contributed by atoms with Crippen molar-refractivity contribution in [3.8, 4) is 0 Å². The Hall–Kier alpha value is -1.23. The molecule has 1 aliphatic rings.